The van der Waals surface area contributed by atoms with Gasteiger partial charge in [0.25, 0.3) is 0 Å². The molecule has 0 fully saturated rings. The second kappa shape index (κ2) is 5.29. The number of nitrogens with one attached hydrogen (secondary N) is 1. The number of thiophene rings is 1. The van der Waals surface area contributed by atoms with Gasteiger partial charge in [0.05, 0.1) is 0 Å². The summed E-state index contributed by atoms with van der Waals surface area (Å²) in [5.41, 5.74) is 5.49. The van der Waals surface area contributed by atoms with Crippen LogP contribution in [-0.4, -0.2) is 4.57 Å². The fourth-order valence-electron chi connectivity index (χ4n) is 2.17. The maximum absolute atomic E-state index is 3.54. The highest BCUT2D eigenvalue weighted by atomic mass is 32.1. The summed E-state index contributed by atoms with van der Waals surface area (Å²) in [6.45, 7) is 10.6. The molecule has 0 atom stereocenters. The Morgan fingerprint density at radius 3 is 2.33 bits per heavy atom. The second-order valence-corrected chi connectivity index (χ2v) is 6.35. The SMILES string of the molecule is Cc1cc(CNCc2cc(C)n(C)c2C)sc1C. The van der Waals surface area contributed by atoms with Crippen LogP contribution in [0.2, 0.25) is 0 Å². The molecule has 98 valence electrons. The van der Waals surface area contributed by atoms with E-state index >= 15 is 0 Å². The van der Waals surface area contributed by atoms with Gasteiger partial charge in [0.2, 0.25) is 0 Å². The van der Waals surface area contributed by atoms with E-state index < -0.39 is 0 Å². The third kappa shape index (κ3) is 2.68. The Morgan fingerprint density at radius 1 is 1.11 bits per heavy atom. The van der Waals surface area contributed by atoms with Gasteiger partial charge in [-0.2, -0.15) is 0 Å². The summed E-state index contributed by atoms with van der Waals surface area (Å²) < 4.78 is 2.25. The molecule has 0 aliphatic rings. The summed E-state index contributed by atoms with van der Waals surface area (Å²) in [7, 11) is 2.13. The lowest BCUT2D eigenvalue weighted by atomic mass is 10.2. The van der Waals surface area contributed by atoms with E-state index in [1.54, 1.807) is 0 Å². The molecule has 2 heterocycles. The van der Waals surface area contributed by atoms with E-state index in [9.17, 15) is 0 Å². The highest BCUT2D eigenvalue weighted by Crippen LogP contribution is 2.20. The van der Waals surface area contributed by atoms with Crippen molar-refractivity contribution in [2.24, 2.45) is 7.05 Å². The Labute approximate surface area is 114 Å². The number of aromatic nitrogens is 1. The zero-order valence-electron chi connectivity index (χ0n) is 11.9. The summed E-state index contributed by atoms with van der Waals surface area (Å²) in [5.74, 6) is 0. The monoisotopic (exact) mass is 262 g/mol. The van der Waals surface area contributed by atoms with E-state index in [2.05, 4.69) is 56.8 Å². The van der Waals surface area contributed by atoms with Crippen molar-refractivity contribution in [3.63, 3.8) is 0 Å². The first-order valence-electron chi connectivity index (χ1n) is 6.37. The molecule has 0 radical (unpaired) electrons. The number of aryl methyl sites for hydroxylation is 3. The maximum atomic E-state index is 3.54. The van der Waals surface area contributed by atoms with Gasteiger partial charge in [-0.25, -0.2) is 0 Å². The van der Waals surface area contributed by atoms with Gasteiger partial charge in [-0.1, -0.05) is 0 Å². The average molecular weight is 262 g/mol. The molecular weight excluding hydrogens is 240 g/mol. The summed E-state index contributed by atoms with van der Waals surface area (Å²) in [5, 5.41) is 3.54. The van der Waals surface area contributed by atoms with Gasteiger partial charge in [0.15, 0.2) is 0 Å². The van der Waals surface area contributed by atoms with Crippen LogP contribution in [0.4, 0.5) is 0 Å². The van der Waals surface area contributed by atoms with Gasteiger partial charge < -0.3 is 9.88 Å². The minimum atomic E-state index is 0.948. The molecule has 0 aromatic carbocycles. The smallest absolute Gasteiger partial charge is 0.0303 e. The molecular formula is C15H22N2S. The maximum Gasteiger partial charge on any atom is 0.0303 e. The first-order valence-corrected chi connectivity index (χ1v) is 7.19. The zero-order chi connectivity index (χ0) is 13.3. The van der Waals surface area contributed by atoms with Crippen LogP contribution in [0.5, 0.6) is 0 Å². The highest BCUT2D eigenvalue weighted by molar-refractivity contribution is 7.12. The Kier molecular flexibility index (Phi) is 3.93. The van der Waals surface area contributed by atoms with Crippen LogP contribution < -0.4 is 5.32 Å². The fourth-order valence-corrected chi connectivity index (χ4v) is 3.19. The van der Waals surface area contributed by atoms with Crippen LogP contribution in [0.25, 0.3) is 0 Å². The van der Waals surface area contributed by atoms with Crippen LogP contribution in [-0.2, 0) is 20.1 Å². The number of nitrogens with zero attached hydrogens (tertiary/aromatic N) is 1. The van der Waals surface area contributed by atoms with Gasteiger partial charge in [-0.05, 0) is 51.0 Å². The van der Waals surface area contributed by atoms with E-state index in [-0.39, 0.29) is 0 Å². The number of rotatable bonds is 4. The van der Waals surface area contributed by atoms with Crippen molar-refractivity contribution < 1.29 is 0 Å². The molecule has 2 nitrogen and oxygen atoms in total. The summed E-state index contributed by atoms with van der Waals surface area (Å²) in [4.78, 5) is 2.86. The third-order valence-corrected chi connectivity index (χ3v) is 4.86. The summed E-state index contributed by atoms with van der Waals surface area (Å²) in [6, 6.07) is 4.56. The predicted molar refractivity (Wildman–Crippen MR) is 79.2 cm³/mol. The van der Waals surface area contributed by atoms with Crippen LogP contribution in [0.3, 0.4) is 0 Å². The molecule has 0 saturated heterocycles. The van der Waals surface area contributed by atoms with E-state index in [4.69, 9.17) is 0 Å². The van der Waals surface area contributed by atoms with Crippen LogP contribution in [0.15, 0.2) is 12.1 Å². The molecule has 2 rings (SSSR count). The Balaban J connectivity index is 1.94. The first-order chi connectivity index (χ1) is 8.49. The van der Waals surface area contributed by atoms with Crippen LogP contribution in [0, 0.1) is 27.7 Å². The number of hydrogen-bond donors (Lipinski definition) is 1. The molecule has 1 N–H and O–H groups in total. The quantitative estimate of drug-likeness (QED) is 0.890. The molecule has 0 aliphatic heterocycles. The second-order valence-electron chi connectivity index (χ2n) is 5.01. The van der Waals surface area contributed by atoms with Crippen molar-refractivity contribution in [3.8, 4) is 0 Å². The molecule has 0 amide bonds. The lowest BCUT2D eigenvalue weighted by molar-refractivity contribution is 0.694. The normalized spacial score (nSPS) is 11.2. The minimum Gasteiger partial charge on any atom is -0.352 e. The largest absolute Gasteiger partial charge is 0.352 e. The molecule has 0 spiro atoms. The van der Waals surface area contributed by atoms with Crippen molar-refractivity contribution in [1.29, 1.82) is 0 Å². The van der Waals surface area contributed by atoms with Gasteiger partial charge in [-0.3, -0.25) is 0 Å². The molecule has 0 aliphatic carbocycles. The topological polar surface area (TPSA) is 17.0 Å². The van der Waals surface area contributed by atoms with E-state index in [0.29, 0.717) is 0 Å². The van der Waals surface area contributed by atoms with Crippen molar-refractivity contribution in [1.82, 2.24) is 9.88 Å². The molecule has 2 aromatic rings. The number of hydrogen-bond acceptors (Lipinski definition) is 2. The minimum absolute atomic E-state index is 0.948. The van der Waals surface area contributed by atoms with E-state index in [1.165, 1.54) is 32.3 Å². The third-order valence-electron chi connectivity index (χ3n) is 3.71. The van der Waals surface area contributed by atoms with Crippen molar-refractivity contribution >= 4 is 11.3 Å². The Hall–Kier alpha value is -1.06. The first kappa shape index (κ1) is 13.4. The van der Waals surface area contributed by atoms with Crippen molar-refractivity contribution in [3.05, 3.63) is 44.4 Å². The van der Waals surface area contributed by atoms with Gasteiger partial charge in [-0.15, -0.1) is 11.3 Å². The van der Waals surface area contributed by atoms with Crippen LogP contribution >= 0.6 is 11.3 Å². The Morgan fingerprint density at radius 2 is 1.83 bits per heavy atom. The van der Waals surface area contributed by atoms with Gasteiger partial charge in [0, 0.05) is 41.3 Å². The molecule has 0 saturated carbocycles. The van der Waals surface area contributed by atoms with E-state index in [1.807, 2.05) is 11.3 Å². The van der Waals surface area contributed by atoms with Gasteiger partial charge in [0.1, 0.15) is 0 Å². The predicted octanol–water partition coefficient (Wildman–Crippen LogP) is 3.61. The lowest BCUT2D eigenvalue weighted by Gasteiger charge is -2.04. The summed E-state index contributed by atoms with van der Waals surface area (Å²) in [6.07, 6.45) is 0. The fraction of sp³-hybridized carbons (Fsp3) is 0.467. The average Bonchev–Trinajstić information content (AvgIpc) is 2.76. The molecule has 2 aromatic heterocycles. The summed E-state index contributed by atoms with van der Waals surface area (Å²) >= 11 is 1.89. The molecule has 18 heavy (non-hydrogen) atoms. The molecule has 0 bridgehead atoms. The molecule has 3 heteroatoms. The van der Waals surface area contributed by atoms with Crippen LogP contribution in [0.1, 0.15) is 32.3 Å². The van der Waals surface area contributed by atoms with Gasteiger partial charge >= 0.3 is 0 Å². The van der Waals surface area contributed by atoms with Crippen molar-refractivity contribution in [2.75, 3.05) is 0 Å². The van der Waals surface area contributed by atoms with E-state index in [0.717, 1.165) is 13.1 Å². The lowest BCUT2D eigenvalue weighted by Crippen LogP contribution is -2.12. The highest BCUT2D eigenvalue weighted by Gasteiger charge is 2.06. The zero-order valence-corrected chi connectivity index (χ0v) is 12.7. The standard InChI is InChI=1S/C15H22N2S/c1-10-6-15(18-13(10)4)9-16-8-14-7-11(2)17(5)12(14)3/h6-7,16H,8-9H2,1-5H3. The Bertz CT molecular complexity index is 530. The van der Waals surface area contributed by atoms with Crippen molar-refractivity contribution in [2.45, 2.75) is 40.8 Å². The molecule has 0 unspecified atom stereocenters.